The molecule has 20 rings (SSSR count). The Hall–Kier alpha value is -9.52. The molecule has 0 spiro atoms. The number of aliphatic hydroxyl groups excluding tert-OH is 10. The fraction of sp³-hybridized carbons (Fsp3) is 0.583. The lowest BCUT2D eigenvalue weighted by Crippen LogP contribution is -2.33. The minimum absolute atomic E-state index is 0.0264. The van der Waals surface area contributed by atoms with E-state index in [-0.39, 0.29) is 137 Å². The predicted molar refractivity (Wildman–Crippen MR) is 530 cm³/mol. The molecule has 8 aliphatic rings. The number of thioether (sulfide) groups is 4. The zero-order valence-corrected chi connectivity index (χ0v) is 82.1. The summed E-state index contributed by atoms with van der Waals surface area (Å²) >= 11 is 4.42. The molecule has 12 aromatic rings. The Labute approximate surface area is 873 Å². The number of aliphatic hydroxyl groups is 12. The van der Waals surface area contributed by atoms with E-state index in [0.29, 0.717) is 71.6 Å². The average Bonchev–Trinajstić information content (AvgIpc) is 1.51. The summed E-state index contributed by atoms with van der Waals surface area (Å²) in [6.07, 6.45) is -17.9. The molecule has 776 valence electrons. The van der Waals surface area contributed by atoms with Gasteiger partial charge in [-0.05, 0) is 148 Å². The molecule has 8 aromatic heterocycles. The molecular formula is C96H124F4N24O16S4. The smallest absolute Gasteiger partial charge is 0.191 e. The number of fused-ring (bicyclic) bond motifs is 4. The van der Waals surface area contributed by atoms with Gasteiger partial charge in [0.1, 0.15) is 72.1 Å². The molecule has 40 nitrogen and oxygen atoms in total. The van der Waals surface area contributed by atoms with E-state index in [4.69, 9.17) is 52.8 Å². The number of nitrogens with one attached hydrogen (secondary N) is 4. The maximum atomic E-state index is 14.4. The second-order valence-electron chi connectivity index (χ2n) is 35.1. The van der Waals surface area contributed by atoms with E-state index >= 15 is 0 Å². The zero-order chi connectivity index (χ0) is 121. The molecule has 144 heavy (non-hydrogen) atoms. The maximum absolute atomic E-state index is 14.4. The Morgan fingerprint density at radius 3 is 0.979 bits per heavy atom. The van der Waals surface area contributed by atoms with Gasteiger partial charge in [0.05, 0.1) is 116 Å². The molecular weight excluding hydrogens is 1950 g/mol. The number of nitrogens with zero attached hydrogens (tertiary/aromatic N) is 20. The van der Waals surface area contributed by atoms with E-state index in [1.54, 1.807) is 57.2 Å². The summed E-state index contributed by atoms with van der Waals surface area (Å²) in [6.45, 7) is -0.137. The summed E-state index contributed by atoms with van der Waals surface area (Å²) < 4.78 is 255. The van der Waals surface area contributed by atoms with Gasteiger partial charge in [-0.2, -0.15) is 0 Å². The van der Waals surface area contributed by atoms with Crippen LogP contribution in [0.3, 0.4) is 0 Å². The van der Waals surface area contributed by atoms with Gasteiger partial charge in [0.25, 0.3) is 0 Å². The van der Waals surface area contributed by atoms with Gasteiger partial charge in [-0.1, -0.05) is 144 Å². The van der Waals surface area contributed by atoms with Crippen LogP contribution in [-0.4, -0.2) is 334 Å². The second-order valence-corrected chi connectivity index (χ2v) is 39.1. The van der Waals surface area contributed by atoms with E-state index in [1.807, 2.05) is 20.8 Å². The number of halogens is 4. The molecule has 8 aliphatic carbocycles. The molecule has 8 heterocycles. The normalized spacial score (nSPS) is 34.3. The van der Waals surface area contributed by atoms with E-state index in [2.05, 4.69) is 102 Å². The van der Waals surface area contributed by atoms with Crippen molar-refractivity contribution in [2.75, 3.05) is 96.9 Å². The first-order chi connectivity index (χ1) is 77.0. The molecule has 0 saturated heterocycles. The minimum atomic E-state index is -3.47. The van der Waals surface area contributed by atoms with E-state index in [1.165, 1.54) is 86.6 Å². The molecule has 16 N–H and O–H groups in total. The number of ether oxygens (including phenoxy) is 4. The lowest BCUT2D eigenvalue weighted by Gasteiger charge is -2.17. The van der Waals surface area contributed by atoms with Gasteiger partial charge in [-0.25, -0.2) is 76.2 Å². The fourth-order valence-corrected chi connectivity index (χ4v) is 19.7. The molecule has 8 saturated carbocycles. The topological polar surface area (TPSA) is 554 Å². The number of aryl methyl sites for hydroxylation is 4. The molecule has 0 amide bonds. The van der Waals surface area contributed by atoms with Crippen LogP contribution in [0.4, 0.5) is 40.8 Å². The van der Waals surface area contributed by atoms with Crippen molar-refractivity contribution in [2.24, 2.45) is 0 Å². The quantitative estimate of drug-likeness (QED) is 0.00969. The SMILES string of the molecule is [2H]C([2H])(C)C([2H])([2H])Sc1nc(N[C@@H]2C([2H])([2H])[C@@]2([2H])c2ccc(C)c(F)c2)c2nnn([C@@H]3C[C@H](OC([2H])([2H])C([2H])([2H])O)[C@@H](O)[C@H]3O)c2n1.[2H]C([2H])(CO)O[C@H]1C[C@@H](n2nnc3c(N[C@]4([2H])C[C@@]4([2H])c4ccc(C)c(F)c4)nc(SCCC)nc32)[C@H](O)[C@@H]1O.[2H]C([2H])(O)CO[C@H]1C[C@@H](n2nnc3c(N[C@]4([2H])C[C@@]4([2H])c4ccc(C)c(F)c4)nc(SCCC)nc32)[C@H](O)[C@@H]1O.[2H][C@@]1(Nc2nc(SCCC)nc3c2nnn3[C@@H]2C[C@H](OCCO)[C@@H](O)[C@H]2O)C[C@@]1([2H])c1ccc(C)c(F)c1. The second kappa shape index (κ2) is 47.3. The Kier molecular flexibility index (Phi) is 26.8. The van der Waals surface area contributed by atoms with Crippen LogP contribution in [-0.2, 0) is 18.9 Å². The zero-order valence-electron chi connectivity index (χ0n) is 99.9. The summed E-state index contributed by atoms with van der Waals surface area (Å²) in [5.74, 6) is -5.80. The Balaban J connectivity index is 0.000000148. The lowest BCUT2D eigenvalue weighted by molar-refractivity contribution is -0.0629. The van der Waals surface area contributed by atoms with Crippen LogP contribution in [0.1, 0.15) is 226 Å². The summed E-state index contributed by atoms with van der Waals surface area (Å²) in [6, 6.07) is 7.90. The first-order valence-corrected chi connectivity index (χ1v) is 50.3. The summed E-state index contributed by atoms with van der Waals surface area (Å²) in [4.78, 5) is 35.9. The van der Waals surface area contributed by atoms with Crippen LogP contribution in [0.5, 0.6) is 0 Å². The van der Waals surface area contributed by atoms with Crippen molar-refractivity contribution in [1.82, 2.24) is 99.8 Å². The first kappa shape index (κ1) is 81.5. The fourth-order valence-electron chi connectivity index (χ4n) is 17.1. The molecule has 48 heteroatoms. The van der Waals surface area contributed by atoms with Crippen LogP contribution in [0.25, 0.3) is 44.7 Å². The molecule has 24 atom stereocenters. The molecule has 0 radical (unpaired) electrons. The minimum Gasteiger partial charge on any atom is -0.394 e. The standard InChI is InChI=1S/4C24H31FN6O4S/c4*1-3-8-36-24-27-22(26-16-10-14(16)13-5-4-12(2)15(25)9-13)19-23(28-24)31(30-29-19)17-11-18(35-7-6-32)21(34)20(17)33/h4*4-5,9,14,16-18,20-21,32-34H,3,6-8,10-11H2,1-2H3,(H,26,27,28)/t4*14-,16+,17+,18-,20-,21+/m0000/s1/i3D2,6D2,7D2,8D2,10D2,14D;7D2,14D,16D;6D2,14D,16D;14D,16D. The number of rotatable bonds is 40. The highest BCUT2D eigenvalue weighted by Crippen LogP contribution is 2.50. The Bertz CT molecular complexity index is 7590. The highest BCUT2D eigenvalue weighted by molar-refractivity contribution is 7.99. The predicted octanol–water partition coefficient (Wildman–Crippen LogP) is 8.73. The Morgan fingerprint density at radius 2 is 0.681 bits per heavy atom. The number of hydrogen-bond acceptors (Lipinski definition) is 40. The number of aromatic nitrogens is 20. The van der Waals surface area contributed by atoms with Crippen LogP contribution < -0.4 is 21.3 Å². The molecule has 0 aliphatic heterocycles. The third-order valence-corrected chi connectivity index (χ3v) is 29.0. The number of benzene rings is 4. The highest BCUT2D eigenvalue weighted by Gasteiger charge is 2.51. The van der Waals surface area contributed by atoms with Crippen molar-refractivity contribution in [3.8, 4) is 0 Å². The first-order valence-electron chi connectivity index (χ1n) is 57.0. The largest absolute Gasteiger partial charge is 0.394 e. The van der Waals surface area contributed by atoms with Crippen molar-refractivity contribution in [3.05, 3.63) is 141 Å². The summed E-state index contributed by atoms with van der Waals surface area (Å²) in [5.41, 5.74) is 1.19. The van der Waals surface area contributed by atoms with E-state index in [0.717, 1.165) is 42.7 Å². The monoisotopic (exact) mass is 2090 g/mol. The van der Waals surface area contributed by atoms with E-state index < -0.39 is 233 Å². The molecule has 0 unspecified atom stereocenters. The maximum Gasteiger partial charge on any atom is 0.191 e. The lowest BCUT2D eigenvalue weighted by atomic mass is 10.1. The molecule has 4 aromatic carbocycles. The van der Waals surface area contributed by atoms with Gasteiger partial charge in [-0.15, -0.1) is 20.4 Å². The number of hydrogen-bond donors (Lipinski definition) is 16. The van der Waals surface area contributed by atoms with Gasteiger partial charge in [-0.3, -0.25) is 0 Å². The average molecular weight is 2100 g/mol. The van der Waals surface area contributed by atoms with Crippen molar-refractivity contribution < 1.29 is 127 Å². The van der Waals surface area contributed by atoms with Crippen LogP contribution in [0.15, 0.2) is 93.4 Å². The van der Waals surface area contributed by atoms with Gasteiger partial charge >= 0.3 is 0 Å². The molecule has 0 bridgehead atoms. The van der Waals surface area contributed by atoms with Gasteiger partial charge in [0.2, 0.25) is 0 Å². The van der Waals surface area contributed by atoms with Crippen LogP contribution in [0.2, 0.25) is 0 Å². The van der Waals surface area contributed by atoms with Crippen LogP contribution >= 0.6 is 47.0 Å². The third-order valence-electron chi connectivity index (χ3n) is 25.2. The van der Waals surface area contributed by atoms with Crippen molar-refractivity contribution in [3.63, 3.8) is 0 Å². The number of anilines is 4. The summed E-state index contributed by atoms with van der Waals surface area (Å²) in [7, 11) is 0. The summed E-state index contributed by atoms with van der Waals surface area (Å²) in [5, 5.41) is 168. The van der Waals surface area contributed by atoms with Crippen molar-refractivity contribution in [1.29, 1.82) is 0 Å². The highest BCUT2D eigenvalue weighted by atomic mass is 32.2. The van der Waals surface area contributed by atoms with Gasteiger partial charge < -0.3 is 101 Å². The van der Waals surface area contributed by atoms with E-state index in [9.17, 15) is 73.7 Å². The van der Waals surface area contributed by atoms with Gasteiger partial charge in [0, 0.05) is 110 Å². The molecule has 8 fully saturated rings. The van der Waals surface area contributed by atoms with Gasteiger partial charge in [0.15, 0.2) is 88.6 Å². The Morgan fingerprint density at radius 1 is 0.375 bits per heavy atom. The third kappa shape index (κ3) is 23.8. The van der Waals surface area contributed by atoms with Crippen molar-refractivity contribution >= 4 is 115 Å². The van der Waals surface area contributed by atoms with Crippen molar-refractivity contribution in [2.45, 2.75) is 298 Å². The van der Waals surface area contributed by atoms with Crippen LogP contribution in [0, 0.1) is 51.0 Å².